The number of aliphatic hydroxyl groups is 1. The van der Waals surface area contributed by atoms with E-state index in [-0.39, 0.29) is 24.8 Å². The van der Waals surface area contributed by atoms with E-state index in [4.69, 9.17) is 4.74 Å². The molecule has 1 aromatic carbocycles. The molecule has 3 aliphatic rings. The maximum atomic E-state index is 15.5. The molecule has 0 aliphatic carbocycles. The largest absolute Gasteiger partial charge is 0.396 e. The summed E-state index contributed by atoms with van der Waals surface area (Å²) in [5.74, 6) is -0.556. The van der Waals surface area contributed by atoms with Crippen molar-refractivity contribution in [1.82, 2.24) is 0 Å². The highest BCUT2D eigenvalue weighted by Gasteiger charge is 2.66. The van der Waals surface area contributed by atoms with Crippen molar-refractivity contribution >= 4 is 31.6 Å². The Morgan fingerprint density at radius 1 is 1.39 bits per heavy atom. The van der Waals surface area contributed by atoms with Crippen molar-refractivity contribution < 1.29 is 23.5 Å². The number of anilines is 2. The van der Waals surface area contributed by atoms with Crippen molar-refractivity contribution in [3.63, 3.8) is 0 Å². The number of rotatable bonds is 6. The van der Waals surface area contributed by atoms with E-state index in [9.17, 15) is 14.7 Å². The van der Waals surface area contributed by atoms with Crippen LogP contribution < -0.4 is 9.80 Å². The molecular formula is C23H31FN2O4Si. The molecule has 2 fully saturated rings. The quantitative estimate of drug-likeness (QED) is 0.413. The van der Waals surface area contributed by atoms with Gasteiger partial charge in [0.05, 0.1) is 11.8 Å². The third kappa shape index (κ3) is 3.27. The summed E-state index contributed by atoms with van der Waals surface area (Å²) in [4.78, 5) is 29.5. The second kappa shape index (κ2) is 7.83. The van der Waals surface area contributed by atoms with Crippen LogP contribution in [0.3, 0.4) is 0 Å². The summed E-state index contributed by atoms with van der Waals surface area (Å²) in [6.07, 6.45) is 2.72. The molecule has 2 saturated heterocycles. The van der Waals surface area contributed by atoms with Crippen molar-refractivity contribution in [2.24, 2.45) is 5.92 Å². The van der Waals surface area contributed by atoms with E-state index in [0.29, 0.717) is 30.8 Å². The molecule has 1 spiro atoms. The highest BCUT2D eigenvalue weighted by atomic mass is 28.4. The number of hydrogen-bond donors (Lipinski definition) is 1. The number of ether oxygens (including phenoxy) is 1. The molecule has 1 N–H and O–H groups in total. The van der Waals surface area contributed by atoms with Crippen molar-refractivity contribution in [3.05, 3.63) is 36.4 Å². The van der Waals surface area contributed by atoms with Crippen LogP contribution in [-0.4, -0.2) is 51.1 Å². The predicted molar refractivity (Wildman–Crippen MR) is 120 cm³/mol. The normalized spacial score (nSPS) is 30.5. The van der Waals surface area contributed by atoms with Crippen molar-refractivity contribution in [3.8, 4) is 0 Å². The van der Waals surface area contributed by atoms with Gasteiger partial charge in [0.15, 0.2) is 5.60 Å². The molecule has 6 nitrogen and oxygen atoms in total. The molecule has 31 heavy (non-hydrogen) atoms. The summed E-state index contributed by atoms with van der Waals surface area (Å²) in [7, 11) is -3.21. The molecule has 0 saturated carbocycles. The molecule has 3 aliphatic heterocycles. The first-order valence-electron chi connectivity index (χ1n) is 11.0. The number of benzene rings is 1. The second-order valence-corrected chi connectivity index (χ2v) is 13.1. The lowest BCUT2D eigenvalue weighted by Gasteiger charge is -2.31. The number of fused-ring (bicyclic) bond motifs is 2. The van der Waals surface area contributed by atoms with Crippen molar-refractivity contribution in [2.45, 2.75) is 56.5 Å². The zero-order chi connectivity index (χ0) is 22.6. The lowest BCUT2D eigenvalue weighted by atomic mass is 9.82. The zero-order valence-electron chi connectivity index (χ0n) is 18.4. The highest BCUT2D eigenvalue weighted by Crippen LogP contribution is 2.60. The molecular weight excluding hydrogens is 415 g/mol. The first-order chi connectivity index (χ1) is 14.7. The van der Waals surface area contributed by atoms with E-state index in [1.165, 1.54) is 0 Å². The number of halogens is 1. The molecule has 4 rings (SSSR count). The van der Waals surface area contributed by atoms with Crippen LogP contribution in [0, 0.1) is 5.92 Å². The Hall–Kier alpha value is -2.03. The van der Waals surface area contributed by atoms with Gasteiger partial charge in [-0.1, -0.05) is 13.0 Å². The summed E-state index contributed by atoms with van der Waals surface area (Å²) < 4.78 is 21.9. The summed E-state index contributed by atoms with van der Waals surface area (Å²) in [5, 5.41) is 9.60. The Labute approximate surface area is 183 Å². The SMILES string of the molecule is C=CCN1C(=O)[C@]2(O[C@H](CCO)[C@@H]([Si](C)(C)F)[C@@H]2C)c2cc(N3CCCC3=O)ccc21. The topological polar surface area (TPSA) is 70.1 Å². The van der Waals surface area contributed by atoms with Gasteiger partial charge in [0.1, 0.15) is 0 Å². The van der Waals surface area contributed by atoms with Crippen molar-refractivity contribution in [2.75, 3.05) is 29.5 Å². The van der Waals surface area contributed by atoms with Gasteiger partial charge in [0.2, 0.25) is 14.3 Å². The Morgan fingerprint density at radius 2 is 2.13 bits per heavy atom. The van der Waals surface area contributed by atoms with Gasteiger partial charge < -0.3 is 23.8 Å². The fourth-order valence-corrected chi connectivity index (χ4v) is 8.37. The molecule has 0 aromatic heterocycles. The van der Waals surface area contributed by atoms with Gasteiger partial charge in [-0.15, -0.1) is 6.58 Å². The molecule has 1 aromatic rings. The minimum absolute atomic E-state index is 0.0648. The number of amides is 2. The van der Waals surface area contributed by atoms with Gasteiger partial charge in [-0.25, -0.2) is 0 Å². The van der Waals surface area contributed by atoms with Gasteiger partial charge >= 0.3 is 0 Å². The average molecular weight is 447 g/mol. The molecule has 3 heterocycles. The van der Waals surface area contributed by atoms with E-state index in [1.54, 1.807) is 29.0 Å². The first-order valence-corrected chi connectivity index (χ1v) is 14.0. The number of carbonyl (C=O) groups is 2. The summed E-state index contributed by atoms with van der Waals surface area (Å²) in [6.45, 7) is 9.79. The maximum absolute atomic E-state index is 15.5. The second-order valence-electron chi connectivity index (χ2n) is 9.34. The Balaban J connectivity index is 1.87. The summed E-state index contributed by atoms with van der Waals surface area (Å²) in [6, 6.07) is 5.59. The van der Waals surface area contributed by atoms with E-state index in [2.05, 4.69) is 6.58 Å². The molecule has 0 bridgehead atoms. The predicted octanol–water partition coefficient (Wildman–Crippen LogP) is 3.50. The first kappa shape index (κ1) is 22.2. The van der Waals surface area contributed by atoms with Crippen LogP contribution in [0.15, 0.2) is 30.9 Å². The minimum atomic E-state index is -3.21. The van der Waals surface area contributed by atoms with Gasteiger partial charge in [-0.2, -0.15) is 0 Å². The third-order valence-electron chi connectivity index (χ3n) is 7.05. The number of hydrogen-bond acceptors (Lipinski definition) is 4. The third-order valence-corrected chi connectivity index (χ3v) is 9.51. The van der Waals surface area contributed by atoms with E-state index in [0.717, 1.165) is 12.1 Å². The van der Waals surface area contributed by atoms with Gasteiger partial charge in [-0.3, -0.25) is 9.59 Å². The van der Waals surface area contributed by atoms with Crippen LogP contribution in [-0.2, 0) is 19.9 Å². The molecule has 0 unspecified atom stereocenters. The fourth-order valence-electron chi connectivity index (χ4n) is 5.83. The van der Waals surface area contributed by atoms with Crippen LogP contribution in [0.4, 0.5) is 15.5 Å². The van der Waals surface area contributed by atoms with Gasteiger partial charge in [0.25, 0.3) is 5.91 Å². The molecule has 4 atom stereocenters. The summed E-state index contributed by atoms with van der Waals surface area (Å²) in [5.41, 5.74) is 0.389. The lowest BCUT2D eigenvalue weighted by molar-refractivity contribution is -0.146. The van der Waals surface area contributed by atoms with Crippen LogP contribution in [0.2, 0.25) is 18.6 Å². The number of carbonyl (C=O) groups excluding carboxylic acids is 2. The monoisotopic (exact) mass is 446 g/mol. The average Bonchev–Trinajstić information content (AvgIpc) is 3.32. The van der Waals surface area contributed by atoms with Gasteiger partial charge in [-0.05, 0) is 44.1 Å². The van der Waals surface area contributed by atoms with Crippen LogP contribution in [0.5, 0.6) is 0 Å². The molecule has 8 heteroatoms. The molecule has 168 valence electrons. The number of aliphatic hydroxyl groups excluding tert-OH is 1. The highest BCUT2D eigenvalue weighted by molar-refractivity contribution is 6.72. The number of nitrogens with zero attached hydrogens (tertiary/aromatic N) is 2. The Kier molecular flexibility index (Phi) is 5.60. The Bertz CT molecular complexity index is 917. The standard InChI is InChI=1S/C23H31FN2O4Si/c1-5-11-26-18-9-8-16(25-12-6-7-20(25)28)14-17(18)23(22(26)29)15(2)21(31(3,4)24)19(30-23)10-13-27/h5,8-9,14-15,19,21,27H,1,6-7,10-13H2,2-4H3/t15-,19+,21-,23+/m0/s1. The Morgan fingerprint density at radius 3 is 2.71 bits per heavy atom. The smallest absolute Gasteiger partial charge is 0.264 e. The van der Waals surface area contributed by atoms with Crippen LogP contribution in [0.1, 0.15) is 31.7 Å². The van der Waals surface area contributed by atoms with Crippen LogP contribution in [0.25, 0.3) is 0 Å². The van der Waals surface area contributed by atoms with E-state index in [1.807, 2.05) is 25.1 Å². The van der Waals surface area contributed by atoms with Gasteiger partial charge in [0, 0.05) is 48.8 Å². The lowest BCUT2D eigenvalue weighted by Crippen LogP contribution is -2.45. The fraction of sp³-hybridized carbons (Fsp3) is 0.565. The molecule has 2 amide bonds. The maximum Gasteiger partial charge on any atom is 0.264 e. The van der Waals surface area contributed by atoms with E-state index >= 15 is 4.11 Å². The van der Waals surface area contributed by atoms with Crippen LogP contribution >= 0.6 is 0 Å². The summed E-state index contributed by atoms with van der Waals surface area (Å²) >= 11 is 0. The minimum Gasteiger partial charge on any atom is -0.396 e. The molecule has 0 radical (unpaired) electrons. The zero-order valence-corrected chi connectivity index (χ0v) is 19.4. The van der Waals surface area contributed by atoms with E-state index < -0.39 is 31.6 Å². The van der Waals surface area contributed by atoms with Crippen molar-refractivity contribution in [1.29, 1.82) is 0 Å².